The molecule has 1 amide bonds. The quantitative estimate of drug-likeness (QED) is 0.290. The van der Waals surface area contributed by atoms with Crippen LogP contribution in [0.1, 0.15) is 43.2 Å². The van der Waals surface area contributed by atoms with Gasteiger partial charge in [-0.2, -0.15) is 0 Å². The number of rotatable bonds is 13. The van der Waals surface area contributed by atoms with E-state index in [1.54, 1.807) is 0 Å². The van der Waals surface area contributed by atoms with Gasteiger partial charge in [0.2, 0.25) is 5.91 Å². The van der Waals surface area contributed by atoms with Gasteiger partial charge in [0.05, 0.1) is 18.4 Å². The number of carbonyl (C=O) groups excluding carboxylic acids is 1. The normalized spacial score (nSPS) is 16.1. The summed E-state index contributed by atoms with van der Waals surface area (Å²) >= 11 is 7.76. The molecule has 29 heavy (non-hydrogen) atoms. The van der Waals surface area contributed by atoms with E-state index >= 15 is 0 Å². The van der Waals surface area contributed by atoms with Gasteiger partial charge < -0.3 is 9.64 Å². The number of amides is 1. The third-order valence-electron chi connectivity index (χ3n) is 5.20. The lowest BCUT2D eigenvalue weighted by Crippen LogP contribution is -2.52. The SMILES string of the molecule is O=C1CC(SCc2ccccc2)N1CCOCCCCCCc1ccc(Cl)cc1. The van der Waals surface area contributed by atoms with Crippen LogP contribution in [0.25, 0.3) is 0 Å². The van der Waals surface area contributed by atoms with Crippen LogP contribution in [0.4, 0.5) is 0 Å². The van der Waals surface area contributed by atoms with Gasteiger partial charge in [0.1, 0.15) is 0 Å². The minimum Gasteiger partial charge on any atom is -0.380 e. The Morgan fingerprint density at radius 3 is 2.45 bits per heavy atom. The molecule has 0 saturated carbocycles. The Morgan fingerprint density at radius 2 is 1.69 bits per heavy atom. The Morgan fingerprint density at radius 1 is 0.931 bits per heavy atom. The van der Waals surface area contributed by atoms with Crippen LogP contribution in [0.15, 0.2) is 54.6 Å². The summed E-state index contributed by atoms with van der Waals surface area (Å²) in [5, 5.41) is 1.10. The van der Waals surface area contributed by atoms with E-state index in [0.717, 1.165) is 30.2 Å². The molecule has 1 heterocycles. The lowest BCUT2D eigenvalue weighted by molar-refractivity contribution is -0.142. The fourth-order valence-corrected chi connectivity index (χ4v) is 4.78. The number of β-lactam (4-membered cyclic amide) rings is 1. The summed E-state index contributed by atoms with van der Waals surface area (Å²) in [6.07, 6.45) is 6.45. The predicted molar refractivity (Wildman–Crippen MR) is 122 cm³/mol. The van der Waals surface area contributed by atoms with Gasteiger partial charge in [0.25, 0.3) is 0 Å². The van der Waals surface area contributed by atoms with Crippen LogP contribution in [0.5, 0.6) is 0 Å². The molecule has 5 heteroatoms. The Kier molecular flexibility index (Phi) is 9.39. The lowest BCUT2D eigenvalue weighted by atomic mass is 10.1. The fourth-order valence-electron chi connectivity index (χ4n) is 3.41. The van der Waals surface area contributed by atoms with Crippen molar-refractivity contribution in [1.29, 1.82) is 0 Å². The van der Waals surface area contributed by atoms with E-state index in [-0.39, 0.29) is 5.91 Å². The topological polar surface area (TPSA) is 29.5 Å². The molecular formula is C24H30ClNO2S. The van der Waals surface area contributed by atoms with Crippen LogP contribution in [-0.2, 0) is 21.7 Å². The van der Waals surface area contributed by atoms with Crippen LogP contribution < -0.4 is 0 Å². The molecule has 1 aliphatic heterocycles. The van der Waals surface area contributed by atoms with E-state index in [2.05, 4.69) is 36.4 Å². The van der Waals surface area contributed by atoms with Gasteiger partial charge in [0, 0.05) is 23.9 Å². The van der Waals surface area contributed by atoms with Crippen molar-refractivity contribution in [3.63, 3.8) is 0 Å². The average molecular weight is 432 g/mol. The third-order valence-corrected chi connectivity index (χ3v) is 6.75. The number of nitrogens with zero attached hydrogens (tertiary/aromatic N) is 1. The molecular weight excluding hydrogens is 402 g/mol. The second-order valence-electron chi connectivity index (χ2n) is 7.45. The van der Waals surface area contributed by atoms with Crippen molar-refractivity contribution in [2.24, 2.45) is 0 Å². The van der Waals surface area contributed by atoms with Gasteiger partial charge in [-0.3, -0.25) is 4.79 Å². The molecule has 3 nitrogen and oxygen atoms in total. The molecule has 2 aromatic carbocycles. The first-order chi connectivity index (χ1) is 14.2. The summed E-state index contributed by atoms with van der Waals surface area (Å²) in [4.78, 5) is 13.8. The maximum Gasteiger partial charge on any atom is 0.226 e. The van der Waals surface area contributed by atoms with Gasteiger partial charge in [-0.05, 0) is 42.5 Å². The number of hydrogen-bond acceptors (Lipinski definition) is 3. The van der Waals surface area contributed by atoms with Crippen molar-refractivity contribution in [1.82, 2.24) is 4.90 Å². The number of ether oxygens (including phenoxy) is 1. The highest BCUT2D eigenvalue weighted by atomic mass is 35.5. The van der Waals surface area contributed by atoms with Crippen molar-refractivity contribution >= 4 is 29.3 Å². The molecule has 1 atom stereocenters. The second-order valence-corrected chi connectivity index (χ2v) is 9.05. The molecule has 156 valence electrons. The number of unbranched alkanes of at least 4 members (excludes halogenated alkanes) is 3. The minimum atomic E-state index is 0.251. The molecule has 2 aromatic rings. The third kappa shape index (κ3) is 7.69. The largest absolute Gasteiger partial charge is 0.380 e. The Balaban J connectivity index is 1.18. The molecule has 0 aliphatic carbocycles. The highest BCUT2D eigenvalue weighted by molar-refractivity contribution is 7.99. The van der Waals surface area contributed by atoms with E-state index in [1.165, 1.54) is 30.4 Å². The fraction of sp³-hybridized carbons (Fsp3) is 0.458. The molecule has 1 aliphatic rings. The number of benzene rings is 2. The monoisotopic (exact) mass is 431 g/mol. The van der Waals surface area contributed by atoms with E-state index in [9.17, 15) is 4.79 Å². The van der Waals surface area contributed by atoms with Crippen molar-refractivity contribution < 1.29 is 9.53 Å². The molecule has 0 radical (unpaired) electrons. The van der Waals surface area contributed by atoms with Crippen LogP contribution in [0, 0.1) is 0 Å². The minimum absolute atomic E-state index is 0.251. The molecule has 3 rings (SSSR count). The van der Waals surface area contributed by atoms with Crippen molar-refractivity contribution in [2.75, 3.05) is 19.8 Å². The number of carbonyl (C=O) groups is 1. The summed E-state index contributed by atoms with van der Waals surface area (Å²) in [7, 11) is 0. The van der Waals surface area contributed by atoms with Crippen LogP contribution in [0.3, 0.4) is 0 Å². The van der Waals surface area contributed by atoms with E-state index in [0.29, 0.717) is 24.9 Å². The maximum atomic E-state index is 11.9. The first kappa shape index (κ1) is 22.2. The summed E-state index contributed by atoms with van der Waals surface area (Å²) in [6, 6.07) is 18.5. The zero-order chi connectivity index (χ0) is 20.3. The zero-order valence-corrected chi connectivity index (χ0v) is 18.5. The molecule has 1 unspecified atom stereocenters. The van der Waals surface area contributed by atoms with E-state index < -0.39 is 0 Å². The predicted octanol–water partition coefficient (Wildman–Crippen LogP) is 5.95. The lowest BCUT2D eigenvalue weighted by Gasteiger charge is -2.40. The Bertz CT molecular complexity index is 738. The van der Waals surface area contributed by atoms with Gasteiger partial charge in [-0.25, -0.2) is 0 Å². The van der Waals surface area contributed by atoms with Gasteiger partial charge in [-0.15, -0.1) is 11.8 Å². The number of halogens is 1. The maximum absolute atomic E-state index is 11.9. The van der Waals surface area contributed by atoms with Crippen molar-refractivity contribution in [2.45, 2.75) is 49.7 Å². The van der Waals surface area contributed by atoms with Gasteiger partial charge in [0.15, 0.2) is 0 Å². The van der Waals surface area contributed by atoms with Crippen molar-refractivity contribution in [3.8, 4) is 0 Å². The number of likely N-dealkylation sites (tertiary alicyclic amines) is 1. The van der Waals surface area contributed by atoms with Gasteiger partial charge >= 0.3 is 0 Å². The van der Waals surface area contributed by atoms with Crippen LogP contribution >= 0.6 is 23.4 Å². The highest BCUT2D eigenvalue weighted by Crippen LogP contribution is 2.31. The standard InChI is InChI=1S/C24H30ClNO2S/c25-22-13-11-20(12-14-22)8-4-1-2-7-16-28-17-15-26-23(27)18-24(26)29-19-21-9-5-3-6-10-21/h3,5-6,9-14,24H,1-2,4,7-8,15-19H2. The summed E-state index contributed by atoms with van der Waals surface area (Å²) in [6.45, 7) is 2.13. The number of aryl methyl sites for hydroxylation is 1. The van der Waals surface area contributed by atoms with E-state index in [1.807, 2.05) is 34.9 Å². The summed E-state index contributed by atoms with van der Waals surface area (Å²) in [5.74, 6) is 1.20. The van der Waals surface area contributed by atoms with Crippen LogP contribution in [0.2, 0.25) is 5.02 Å². The first-order valence-electron chi connectivity index (χ1n) is 10.5. The Labute approximate surface area is 183 Å². The summed E-state index contributed by atoms with van der Waals surface area (Å²) in [5.41, 5.74) is 2.66. The smallest absolute Gasteiger partial charge is 0.226 e. The number of thioether (sulfide) groups is 1. The van der Waals surface area contributed by atoms with E-state index in [4.69, 9.17) is 16.3 Å². The van der Waals surface area contributed by atoms with Crippen molar-refractivity contribution in [3.05, 3.63) is 70.7 Å². The van der Waals surface area contributed by atoms with Gasteiger partial charge in [-0.1, -0.05) is 66.9 Å². The molecule has 0 bridgehead atoms. The average Bonchev–Trinajstić information content (AvgIpc) is 2.74. The molecule has 0 N–H and O–H groups in total. The Hall–Kier alpha value is -1.49. The highest BCUT2D eigenvalue weighted by Gasteiger charge is 2.35. The van der Waals surface area contributed by atoms with Crippen LogP contribution in [-0.4, -0.2) is 35.9 Å². The number of hydrogen-bond donors (Lipinski definition) is 0. The summed E-state index contributed by atoms with van der Waals surface area (Å²) < 4.78 is 5.76. The molecule has 1 saturated heterocycles. The first-order valence-corrected chi connectivity index (χ1v) is 11.9. The molecule has 0 spiro atoms. The second kappa shape index (κ2) is 12.3. The zero-order valence-electron chi connectivity index (χ0n) is 16.9. The molecule has 1 fully saturated rings. The molecule has 0 aromatic heterocycles.